The molecule has 0 radical (unpaired) electrons. The number of nitriles is 1. The first kappa shape index (κ1) is 18.0. The number of thiazole rings is 1. The maximum Gasteiger partial charge on any atom is 0.161 e. The highest BCUT2D eigenvalue weighted by molar-refractivity contribution is 7.19. The topological polar surface area (TPSA) is 55.1 Å². The van der Waals surface area contributed by atoms with E-state index in [1.165, 1.54) is 11.3 Å². The highest BCUT2D eigenvalue weighted by Gasteiger charge is 2.10. The van der Waals surface area contributed by atoms with Crippen molar-refractivity contribution in [3.63, 3.8) is 0 Å². The fourth-order valence-electron chi connectivity index (χ4n) is 2.52. The zero-order valence-corrected chi connectivity index (χ0v) is 15.7. The summed E-state index contributed by atoms with van der Waals surface area (Å²) >= 11 is 1.52. The van der Waals surface area contributed by atoms with Crippen molar-refractivity contribution >= 4 is 33.2 Å². The number of allylic oxidation sites excluding steroid dienone is 1. The van der Waals surface area contributed by atoms with Crippen molar-refractivity contribution in [1.82, 2.24) is 4.98 Å². The Labute approximate surface area is 157 Å². The van der Waals surface area contributed by atoms with Crippen LogP contribution in [0.1, 0.15) is 30.3 Å². The molecule has 0 saturated heterocycles. The number of hydrogen-bond acceptors (Lipinski definition) is 5. The van der Waals surface area contributed by atoms with Gasteiger partial charge in [0.15, 0.2) is 11.5 Å². The molecule has 3 aromatic rings. The minimum absolute atomic E-state index is 0.535. The molecule has 1 aromatic heterocycles. The van der Waals surface area contributed by atoms with E-state index in [9.17, 15) is 5.26 Å². The van der Waals surface area contributed by atoms with Gasteiger partial charge in [-0.25, -0.2) is 4.98 Å². The summed E-state index contributed by atoms with van der Waals surface area (Å²) < 4.78 is 12.3. The standard InChI is InChI=1S/C21H20N2O2S/c1-3-4-11-25-18-10-9-15(13-19(18)24-2)12-16(14-22)21-23-17-7-5-6-8-20(17)26-21/h5-10,12-13H,3-4,11H2,1-2H3/b16-12+. The van der Waals surface area contributed by atoms with Crippen molar-refractivity contribution in [2.24, 2.45) is 0 Å². The third-order valence-corrected chi connectivity index (χ3v) is 4.97. The van der Waals surface area contributed by atoms with Gasteiger partial charge in [-0.3, -0.25) is 0 Å². The third kappa shape index (κ3) is 4.04. The number of fused-ring (bicyclic) bond motifs is 1. The Bertz CT molecular complexity index is 937. The molecule has 0 bridgehead atoms. The highest BCUT2D eigenvalue weighted by Crippen LogP contribution is 2.31. The molecule has 0 aliphatic carbocycles. The minimum atomic E-state index is 0.535. The van der Waals surface area contributed by atoms with Crippen molar-refractivity contribution in [2.75, 3.05) is 13.7 Å². The first-order chi connectivity index (χ1) is 12.7. The van der Waals surface area contributed by atoms with Crippen LogP contribution in [-0.4, -0.2) is 18.7 Å². The summed E-state index contributed by atoms with van der Waals surface area (Å²) in [7, 11) is 1.62. The number of unbranched alkanes of at least 4 members (excludes halogenated alkanes) is 1. The fourth-order valence-corrected chi connectivity index (χ4v) is 3.45. The molecule has 0 atom stereocenters. The van der Waals surface area contributed by atoms with Crippen LogP contribution in [0.5, 0.6) is 11.5 Å². The van der Waals surface area contributed by atoms with Gasteiger partial charge in [-0.15, -0.1) is 11.3 Å². The lowest BCUT2D eigenvalue weighted by atomic mass is 10.1. The Morgan fingerprint density at radius 3 is 2.81 bits per heavy atom. The van der Waals surface area contributed by atoms with Gasteiger partial charge in [0.25, 0.3) is 0 Å². The van der Waals surface area contributed by atoms with E-state index >= 15 is 0 Å². The smallest absolute Gasteiger partial charge is 0.161 e. The SMILES string of the molecule is CCCCOc1ccc(/C=C(\C#N)c2nc3ccccc3s2)cc1OC. The molecule has 0 fully saturated rings. The van der Waals surface area contributed by atoms with Crippen molar-refractivity contribution < 1.29 is 9.47 Å². The van der Waals surface area contributed by atoms with E-state index in [4.69, 9.17) is 9.47 Å². The number of hydrogen-bond donors (Lipinski definition) is 0. The predicted octanol–water partition coefficient (Wildman–Crippen LogP) is 5.55. The molecule has 0 saturated carbocycles. The van der Waals surface area contributed by atoms with E-state index in [-0.39, 0.29) is 0 Å². The molecular formula is C21H20N2O2S. The van der Waals surface area contributed by atoms with Crippen LogP contribution in [0, 0.1) is 11.3 Å². The highest BCUT2D eigenvalue weighted by atomic mass is 32.1. The monoisotopic (exact) mass is 364 g/mol. The number of aromatic nitrogens is 1. The number of para-hydroxylation sites is 1. The average molecular weight is 364 g/mol. The molecule has 2 aromatic carbocycles. The molecule has 26 heavy (non-hydrogen) atoms. The van der Waals surface area contributed by atoms with Crippen LogP contribution in [0.25, 0.3) is 21.9 Å². The maximum absolute atomic E-state index is 9.58. The van der Waals surface area contributed by atoms with Gasteiger partial charge < -0.3 is 9.47 Å². The maximum atomic E-state index is 9.58. The van der Waals surface area contributed by atoms with E-state index in [2.05, 4.69) is 18.0 Å². The first-order valence-corrected chi connectivity index (χ1v) is 9.35. The second-order valence-electron chi connectivity index (χ2n) is 5.77. The van der Waals surface area contributed by atoms with Crippen LogP contribution in [0.15, 0.2) is 42.5 Å². The molecule has 3 rings (SSSR count). The lowest BCUT2D eigenvalue weighted by Crippen LogP contribution is -1.99. The summed E-state index contributed by atoms with van der Waals surface area (Å²) in [6.07, 6.45) is 3.91. The molecule has 4 nitrogen and oxygen atoms in total. The van der Waals surface area contributed by atoms with Crippen molar-refractivity contribution in [2.45, 2.75) is 19.8 Å². The van der Waals surface area contributed by atoms with E-state index in [1.807, 2.05) is 48.5 Å². The molecule has 0 aliphatic heterocycles. The Morgan fingerprint density at radius 1 is 1.23 bits per heavy atom. The summed E-state index contributed by atoms with van der Waals surface area (Å²) in [6, 6.07) is 15.8. The van der Waals surface area contributed by atoms with Crippen molar-refractivity contribution in [3.8, 4) is 17.6 Å². The van der Waals surface area contributed by atoms with Crippen LogP contribution >= 0.6 is 11.3 Å². The van der Waals surface area contributed by atoms with Gasteiger partial charge in [-0.05, 0) is 42.3 Å². The summed E-state index contributed by atoms with van der Waals surface area (Å²) in [5, 5.41) is 10.3. The lowest BCUT2D eigenvalue weighted by Gasteiger charge is -2.11. The van der Waals surface area contributed by atoms with Gasteiger partial charge in [-0.1, -0.05) is 31.5 Å². The van der Waals surface area contributed by atoms with E-state index in [1.54, 1.807) is 7.11 Å². The quantitative estimate of drug-likeness (QED) is 0.407. The number of methoxy groups -OCH3 is 1. The fraction of sp³-hybridized carbons (Fsp3) is 0.238. The Balaban J connectivity index is 1.90. The van der Waals surface area contributed by atoms with E-state index in [0.29, 0.717) is 17.9 Å². The second-order valence-corrected chi connectivity index (χ2v) is 6.80. The van der Waals surface area contributed by atoms with E-state index in [0.717, 1.165) is 39.4 Å². The number of rotatable bonds is 7. The lowest BCUT2D eigenvalue weighted by molar-refractivity contribution is 0.288. The van der Waals surface area contributed by atoms with E-state index < -0.39 is 0 Å². The Hall–Kier alpha value is -2.84. The molecule has 0 aliphatic rings. The molecule has 1 heterocycles. The molecule has 0 amide bonds. The summed E-state index contributed by atoms with van der Waals surface area (Å²) in [6.45, 7) is 2.79. The van der Waals surface area contributed by atoms with Crippen LogP contribution in [-0.2, 0) is 0 Å². The van der Waals surface area contributed by atoms with Gasteiger partial charge >= 0.3 is 0 Å². The molecule has 0 N–H and O–H groups in total. The zero-order valence-electron chi connectivity index (χ0n) is 14.9. The number of benzene rings is 2. The molecule has 132 valence electrons. The van der Waals surface area contributed by atoms with Gasteiger partial charge in [0.1, 0.15) is 11.1 Å². The van der Waals surface area contributed by atoms with Crippen molar-refractivity contribution in [1.29, 1.82) is 5.26 Å². The van der Waals surface area contributed by atoms with Gasteiger partial charge in [0.05, 0.1) is 29.5 Å². The summed E-state index contributed by atoms with van der Waals surface area (Å²) in [5.41, 5.74) is 2.32. The summed E-state index contributed by atoms with van der Waals surface area (Å²) in [4.78, 5) is 4.56. The van der Waals surface area contributed by atoms with Gasteiger partial charge in [0, 0.05) is 0 Å². The summed E-state index contributed by atoms with van der Waals surface area (Å²) in [5.74, 6) is 1.38. The van der Waals surface area contributed by atoms with Gasteiger partial charge in [-0.2, -0.15) is 5.26 Å². The normalized spacial score (nSPS) is 11.3. The zero-order chi connectivity index (χ0) is 18.4. The number of nitrogens with zero attached hydrogens (tertiary/aromatic N) is 2. The largest absolute Gasteiger partial charge is 0.493 e. The van der Waals surface area contributed by atoms with Crippen molar-refractivity contribution in [3.05, 3.63) is 53.0 Å². The Kier molecular flexibility index (Phi) is 5.88. The molecule has 5 heteroatoms. The number of ether oxygens (including phenoxy) is 2. The predicted molar refractivity (Wildman–Crippen MR) is 107 cm³/mol. The van der Waals surface area contributed by atoms with Crippen LogP contribution < -0.4 is 9.47 Å². The van der Waals surface area contributed by atoms with Crippen LogP contribution in [0.2, 0.25) is 0 Å². The Morgan fingerprint density at radius 2 is 2.08 bits per heavy atom. The van der Waals surface area contributed by atoms with Crippen LogP contribution in [0.3, 0.4) is 0 Å². The first-order valence-electron chi connectivity index (χ1n) is 8.53. The molecular weight excluding hydrogens is 344 g/mol. The second kappa shape index (κ2) is 8.50. The third-order valence-electron chi connectivity index (χ3n) is 3.90. The average Bonchev–Trinajstić information content (AvgIpc) is 3.11. The minimum Gasteiger partial charge on any atom is -0.493 e. The van der Waals surface area contributed by atoms with Gasteiger partial charge in [0.2, 0.25) is 0 Å². The molecule has 0 unspecified atom stereocenters. The van der Waals surface area contributed by atoms with Crippen LogP contribution in [0.4, 0.5) is 0 Å². The molecule has 0 spiro atoms.